The third-order valence-corrected chi connectivity index (χ3v) is 4.71. The molecule has 0 saturated heterocycles. The van der Waals surface area contributed by atoms with Crippen LogP contribution in [0.3, 0.4) is 0 Å². The number of carbonyl (C=O) groups is 1. The van der Waals surface area contributed by atoms with Gasteiger partial charge in [-0.25, -0.2) is 14.0 Å². The number of carbonyl (C=O) groups excluding carboxylic acids is 1. The van der Waals surface area contributed by atoms with E-state index < -0.39 is 5.97 Å². The van der Waals surface area contributed by atoms with Crippen LogP contribution >= 0.6 is 0 Å². The molecule has 0 aliphatic rings. The zero-order chi connectivity index (χ0) is 19.6. The Morgan fingerprint density at radius 2 is 1.70 bits per heavy atom. The summed E-state index contributed by atoms with van der Waals surface area (Å²) in [4.78, 5) is 15.9. The van der Waals surface area contributed by atoms with Crippen molar-refractivity contribution < 1.29 is 13.9 Å². The average Bonchev–Trinajstić information content (AvgIpc) is 2.93. The number of hydrogen-bond donors (Lipinski definition) is 0. The molecule has 0 aliphatic heterocycles. The molecule has 0 saturated carbocycles. The normalized spacial score (nSPS) is 10.5. The topological polar surface area (TPSA) is 35.6 Å². The first-order valence-corrected chi connectivity index (χ1v) is 8.46. The molecule has 0 unspecified atom stereocenters. The second-order valence-corrected chi connectivity index (χ2v) is 6.28. The highest BCUT2D eigenvalue weighted by Crippen LogP contribution is 2.34. The Labute approximate surface area is 157 Å². The predicted octanol–water partition coefficient (Wildman–Crippen LogP) is 5.30. The minimum Gasteiger partial charge on any atom is -0.465 e. The molecule has 0 fully saturated rings. The second kappa shape index (κ2) is 7.46. The lowest BCUT2D eigenvalue weighted by molar-refractivity contribution is 0.0600. The van der Waals surface area contributed by atoms with Crippen molar-refractivity contribution >= 4 is 11.7 Å². The lowest BCUT2D eigenvalue weighted by Gasteiger charge is -2.10. The molecule has 3 aromatic rings. The number of nitrogens with zero attached hydrogens (tertiary/aromatic N) is 2. The fraction of sp³-hybridized carbons (Fsp3) is 0.182. The molecular formula is C22H19FN2O2. The van der Waals surface area contributed by atoms with E-state index in [1.54, 1.807) is 24.3 Å². The van der Waals surface area contributed by atoms with Gasteiger partial charge in [0.15, 0.2) is 5.69 Å². The fourth-order valence-electron chi connectivity index (χ4n) is 3.30. The van der Waals surface area contributed by atoms with Crippen LogP contribution in [0, 0.1) is 26.2 Å². The maximum atomic E-state index is 13.2. The predicted molar refractivity (Wildman–Crippen MR) is 102 cm³/mol. The lowest BCUT2D eigenvalue weighted by atomic mass is 10.0. The van der Waals surface area contributed by atoms with Gasteiger partial charge in [-0.3, -0.25) is 0 Å². The van der Waals surface area contributed by atoms with E-state index in [1.807, 2.05) is 30.5 Å². The Morgan fingerprint density at radius 3 is 2.26 bits per heavy atom. The van der Waals surface area contributed by atoms with Crippen LogP contribution in [-0.2, 0) is 11.3 Å². The van der Waals surface area contributed by atoms with Crippen molar-refractivity contribution in [2.24, 2.45) is 0 Å². The molecule has 0 spiro atoms. The van der Waals surface area contributed by atoms with Crippen molar-refractivity contribution in [2.45, 2.75) is 20.4 Å². The molecule has 0 atom stereocenters. The molecule has 5 heteroatoms. The van der Waals surface area contributed by atoms with Crippen molar-refractivity contribution in [3.05, 3.63) is 88.3 Å². The van der Waals surface area contributed by atoms with Crippen LogP contribution in [-0.4, -0.2) is 17.6 Å². The standard InChI is InChI=1S/C22H19FN2O2/c1-14-20(17-7-11-19(24-3)12-8-17)21(22(26)27-4)15(2)25(14)13-16-5-9-18(23)10-6-16/h5-12H,13H2,1-2,4H3. The number of aromatic nitrogens is 1. The van der Waals surface area contributed by atoms with E-state index in [0.717, 1.165) is 28.1 Å². The second-order valence-electron chi connectivity index (χ2n) is 6.28. The van der Waals surface area contributed by atoms with Crippen LogP contribution in [0.4, 0.5) is 10.1 Å². The molecule has 1 heterocycles. The zero-order valence-electron chi connectivity index (χ0n) is 15.4. The summed E-state index contributed by atoms with van der Waals surface area (Å²) < 4.78 is 20.2. The van der Waals surface area contributed by atoms with Gasteiger partial charge in [0.2, 0.25) is 0 Å². The van der Waals surface area contributed by atoms with Gasteiger partial charge in [-0.05, 0) is 37.1 Å². The van der Waals surface area contributed by atoms with E-state index in [0.29, 0.717) is 17.8 Å². The highest BCUT2D eigenvalue weighted by atomic mass is 19.1. The number of methoxy groups -OCH3 is 1. The van der Waals surface area contributed by atoms with Crippen molar-refractivity contribution in [1.29, 1.82) is 0 Å². The van der Waals surface area contributed by atoms with Gasteiger partial charge in [0.1, 0.15) is 5.82 Å². The Kier molecular flexibility index (Phi) is 5.09. The third-order valence-electron chi connectivity index (χ3n) is 4.71. The first-order valence-electron chi connectivity index (χ1n) is 8.46. The van der Waals surface area contributed by atoms with E-state index in [4.69, 9.17) is 11.3 Å². The lowest BCUT2D eigenvalue weighted by Crippen LogP contribution is -2.07. The number of esters is 1. The minimum absolute atomic E-state index is 0.282. The van der Waals surface area contributed by atoms with E-state index in [1.165, 1.54) is 19.2 Å². The fourth-order valence-corrected chi connectivity index (χ4v) is 3.30. The summed E-state index contributed by atoms with van der Waals surface area (Å²) in [6, 6.07) is 13.5. The van der Waals surface area contributed by atoms with Crippen molar-refractivity contribution in [1.82, 2.24) is 4.57 Å². The Bertz CT molecular complexity index is 1030. The summed E-state index contributed by atoms with van der Waals surface area (Å²) in [5.41, 5.74) is 5.31. The molecule has 0 aliphatic carbocycles. The molecule has 27 heavy (non-hydrogen) atoms. The van der Waals surface area contributed by atoms with Crippen LogP contribution in [0.2, 0.25) is 0 Å². The molecule has 3 rings (SSSR count). The van der Waals surface area contributed by atoms with Crippen molar-refractivity contribution in [3.8, 4) is 11.1 Å². The summed E-state index contributed by atoms with van der Waals surface area (Å²) in [5, 5.41) is 0. The van der Waals surface area contributed by atoms with Gasteiger partial charge in [-0.2, -0.15) is 0 Å². The van der Waals surface area contributed by atoms with Crippen LogP contribution in [0.15, 0.2) is 48.5 Å². The molecule has 1 aromatic heterocycles. The van der Waals surface area contributed by atoms with Gasteiger partial charge < -0.3 is 9.30 Å². The Balaban J connectivity index is 2.15. The van der Waals surface area contributed by atoms with Gasteiger partial charge in [0.05, 0.1) is 19.2 Å². The molecule has 0 bridgehead atoms. The number of ether oxygens (including phenoxy) is 1. The van der Waals surface area contributed by atoms with Gasteiger partial charge >= 0.3 is 5.97 Å². The molecule has 0 amide bonds. The maximum absolute atomic E-state index is 13.2. The maximum Gasteiger partial charge on any atom is 0.340 e. The highest BCUT2D eigenvalue weighted by molar-refractivity contribution is 5.99. The van der Waals surface area contributed by atoms with Crippen LogP contribution in [0.25, 0.3) is 16.0 Å². The quantitative estimate of drug-likeness (QED) is 0.466. The van der Waals surface area contributed by atoms with E-state index in [9.17, 15) is 9.18 Å². The van der Waals surface area contributed by atoms with Crippen LogP contribution in [0.1, 0.15) is 27.3 Å². The third kappa shape index (κ3) is 3.47. The summed E-state index contributed by atoms with van der Waals surface area (Å²) >= 11 is 0. The van der Waals surface area contributed by atoms with Gasteiger partial charge in [-0.15, -0.1) is 0 Å². The number of benzene rings is 2. The van der Waals surface area contributed by atoms with Crippen molar-refractivity contribution in [2.75, 3.05) is 7.11 Å². The SMILES string of the molecule is [C-]#[N+]c1ccc(-c2c(C(=O)OC)c(C)n(Cc3ccc(F)cc3)c2C)cc1. The molecule has 4 nitrogen and oxygen atoms in total. The van der Waals surface area contributed by atoms with Gasteiger partial charge in [-0.1, -0.05) is 36.4 Å². The molecular weight excluding hydrogens is 343 g/mol. The highest BCUT2D eigenvalue weighted by Gasteiger charge is 2.24. The van der Waals surface area contributed by atoms with E-state index >= 15 is 0 Å². The molecule has 2 aromatic carbocycles. The van der Waals surface area contributed by atoms with Crippen molar-refractivity contribution in [3.63, 3.8) is 0 Å². The monoisotopic (exact) mass is 362 g/mol. The Hall–Kier alpha value is -3.39. The van der Waals surface area contributed by atoms with E-state index in [-0.39, 0.29) is 5.82 Å². The Morgan fingerprint density at radius 1 is 1.07 bits per heavy atom. The smallest absolute Gasteiger partial charge is 0.340 e. The zero-order valence-corrected chi connectivity index (χ0v) is 15.4. The van der Waals surface area contributed by atoms with E-state index in [2.05, 4.69) is 4.85 Å². The first kappa shape index (κ1) is 18.4. The average molecular weight is 362 g/mol. The number of hydrogen-bond acceptors (Lipinski definition) is 2. The largest absolute Gasteiger partial charge is 0.465 e. The van der Waals surface area contributed by atoms with Crippen LogP contribution in [0.5, 0.6) is 0 Å². The van der Waals surface area contributed by atoms with Gasteiger partial charge in [0, 0.05) is 23.5 Å². The number of halogens is 1. The summed E-state index contributed by atoms with van der Waals surface area (Å²) in [6.07, 6.45) is 0. The molecule has 0 N–H and O–H groups in total. The molecule has 136 valence electrons. The summed E-state index contributed by atoms with van der Waals surface area (Å²) in [5.74, 6) is -0.687. The summed E-state index contributed by atoms with van der Waals surface area (Å²) in [7, 11) is 1.36. The minimum atomic E-state index is -0.405. The number of rotatable bonds is 4. The van der Waals surface area contributed by atoms with Crippen LogP contribution < -0.4 is 0 Å². The first-order chi connectivity index (χ1) is 13.0. The van der Waals surface area contributed by atoms with Gasteiger partial charge in [0.25, 0.3) is 0 Å². The summed E-state index contributed by atoms with van der Waals surface area (Å²) in [6.45, 7) is 11.4. The molecule has 0 radical (unpaired) electrons.